The standard InChI is InChI=1S/C20H26N2O/c1-4-21(5-2)15-16-22(19-13-11-17(3)12-14-19)20(23)18-9-7-6-8-10-18/h6-14H,4-5,15-16H2,1-3H3. The van der Waals surface area contributed by atoms with Crippen LogP contribution in [0.25, 0.3) is 0 Å². The summed E-state index contributed by atoms with van der Waals surface area (Å²) < 4.78 is 0. The lowest BCUT2D eigenvalue weighted by atomic mass is 10.1. The molecule has 0 saturated heterocycles. The van der Waals surface area contributed by atoms with Crippen LogP contribution in [0.4, 0.5) is 5.69 Å². The summed E-state index contributed by atoms with van der Waals surface area (Å²) in [5, 5.41) is 0. The van der Waals surface area contributed by atoms with Crippen molar-refractivity contribution < 1.29 is 4.79 Å². The van der Waals surface area contributed by atoms with Gasteiger partial charge < -0.3 is 9.80 Å². The fourth-order valence-corrected chi connectivity index (χ4v) is 2.59. The van der Waals surface area contributed by atoms with Crippen LogP contribution in [-0.2, 0) is 0 Å². The van der Waals surface area contributed by atoms with Gasteiger partial charge in [0.1, 0.15) is 0 Å². The van der Waals surface area contributed by atoms with Crippen molar-refractivity contribution in [2.45, 2.75) is 20.8 Å². The van der Waals surface area contributed by atoms with Crippen LogP contribution >= 0.6 is 0 Å². The first-order valence-corrected chi connectivity index (χ1v) is 8.31. The van der Waals surface area contributed by atoms with Crippen molar-refractivity contribution >= 4 is 11.6 Å². The second-order valence-corrected chi connectivity index (χ2v) is 5.69. The molecule has 0 heterocycles. The van der Waals surface area contributed by atoms with Gasteiger partial charge in [-0.25, -0.2) is 0 Å². The van der Waals surface area contributed by atoms with E-state index in [4.69, 9.17) is 0 Å². The number of nitrogens with zero attached hydrogens (tertiary/aromatic N) is 2. The van der Waals surface area contributed by atoms with Crippen LogP contribution in [0.3, 0.4) is 0 Å². The van der Waals surface area contributed by atoms with Crippen molar-refractivity contribution in [3.8, 4) is 0 Å². The SMILES string of the molecule is CCN(CC)CCN(C(=O)c1ccccc1)c1ccc(C)cc1. The summed E-state index contributed by atoms with van der Waals surface area (Å²) in [7, 11) is 0. The summed E-state index contributed by atoms with van der Waals surface area (Å²) in [6, 6.07) is 17.7. The van der Waals surface area contributed by atoms with Crippen molar-refractivity contribution in [3.05, 3.63) is 65.7 Å². The Morgan fingerprint density at radius 2 is 1.48 bits per heavy atom. The van der Waals surface area contributed by atoms with Crippen molar-refractivity contribution in [2.24, 2.45) is 0 Å². The van der Waals surface area contributed by atoms with Gasteiger partial charge in [0.05, 0.1) is 0 Å². The Bertz CT molecular complexity index is 603. The van der Waals surface area contributed by atoms with E-state index < -0.39 is 0 Å². The van der Waals surface area contributed by atoms with Gasteiger partial charge in [0.2, 0.25) is 0 Å². The molecular weight excluding hydrogens is 284 g/mol. The third-order valence-electron chi connectivity index (χ3n) is 4.15. The lowest BCUT2D eigenvalue weighted by molar-refractivity contribution is 0.0984. The molecule has 3 heteroatoms. The van der Waals surface area contributed by atoms with E-state index in [9.17, 15) is 4.79 Å². The lowest BCUT2D eigenvalue weighted by Gasteiger charge is -2.27. The molecule has 0 spiro atoms. The zero-order chi connectivity index (χ0) is 16.7. The van der Waals surface area contributed by atoms with E-state index in [2.05, 4.69) is 37.8 Å². The summed E-state index contributed by atoms with van der Waals surface area (Å²) >= 11 is 0. The van der Waals surface area contributed by atoms with Crippen LogP contribution < -0.4 is 4.90 Å². The Balaban J connectivity index is 2.23. The van der Waals surface area contributed by atoms with Gasteiger partial charge in [-0.05, 0) is 44.3 Å². The normalized spacial score (nSPS) is 10.8. The molecule has 0 N–H and O–H groups in total. The predicted molar refractivity (Wildman–Crippen MR) is 97.1 cm³/mol. The summed E-state index contributed by atoms with van der Waals surface area (Å²) in [4.78, 5) is 17.1. The molecular formula is C20H26N2O. The Morgan fingerprint density at radius 1 is 0.870 bits per heavy atom. The Labute approximate surface area is 139 Å². The molecule has 2 rings (SSSR count). The molecule has 0 fully saturated rings. The Morgan fingerprint density at radius 3 is 2.04 bits per heavy atom. The summed E-state index contributed by atoms with van der Waals surface area (Å²) in [5.74, 6) is 0.0570. The molecule has 0 aliphatic rings. The minimum Gasteiger partial charge on any atom is -0.307 e. The molecule has 23 heavy (non-hydrogen) atoms. The van der Waals surface area contributed by atoms with Gasteiger partial charge >= 0.3 is 0 Å². The predicted octanol–water partition coefficient (Wildman–Crippen LogP) is 3.98. The van der Waals surface area contributed by atoms with Gasteiger partial charge in [0.25, 0.3) is 5.91 Å². The van der Waals surface area contributed by atoms with Gasteiger partial charge in [0.15, 0.2) is 0 Å². The molecule has 0 aromatic heterocycles. The maximum atomic E-state index is 12.9. The molecule has 0 atom stereocenters. The largest absolute Gasteiger partial charge is 0.307 e. The smallest absolute Gasteiger partial charge is 0.258 e. The first-order valence-electron chi connectivity index (χ1n) is 8.31. The number of benzene rings is 2. The topological polar surface area (TPSA) is 23.6 Å². The average molecular weight is 310 g/mol. The van der Waals surface area contributed by atoms with Crippen molar-refractivity contribution in [1.82, 2.24) is 4.90 Å². The minimum atomic E-state index is 0.0570. The molecule has 0 aliphatic carbocycles. The Hall–Kier alpha value is -2.13. The number of anilines is 1. The average Bonchev–Trinajstić information content (AvgIpc) is 2.60. The zero-order valence-electron chi connectivity index (χ0n) is 14.3. The van der Waals surface area contributed by atoms with Gasteiger partial charge in [-0.1, -0.05) is 49.7 Å². The molecule has 122 valence electrons. The van der Waals surface area contributed by atoms with Crippen LogP contribution in [0.15, 0.2) is 54.6 Å². The monoisotopic (exact) mass is 310 g/mol. The minimum absolute atomic E-state index is 0.0570. The van der Waals surface area contributed by atoms with Crippen LogP contribution in [0.5, 0.6) is 0 Å². The molecule has 0 aliphatic heterocycles. The molecule has 0 unspecified atom stereocenters. The van der Waals surface area contributed by atoms with Gasteiger partial charge in [-0.3, -0.25) is 4.79 Å². The molecule has 0 saturated carbocycles. The summed E-state index contributed by atoms with van der Waals surface area (Å²) in [5.41, 5.74) is 2.88. The van der Waals surface area contributed by atoms with Crippen molar-refractivity contribution in [3.63, 3.8) is 0 Å². The van der Waals surface area contributed by atoms with Gasteiger partial charge in [-0.15, -0.1) is 0 Å². The quantitative estimate of drug-likeness (QED) is 0.772. The third kappa shape index (κ3) is 4.67. The van der Waals surface area contributed by atoms with Crippen molar-refractivity contribution in [2.75, 3.05) is 31.1 Å². The van der Waals surface area contributed by atoms with E-state index >= 15 is 0 Å². The second-order valence-electron chi connectivity index (χ2n) is 5.69. The highest BCUT2D eigenvalue weighted by Crippen LogP contribution is 2.18. The van der Waals surface area contributed by atoms with Crippen LogP contribution in [0.1, 0.15) is 29.8 Å². The number of carbonyl (C=O) groups is 1. The van der Waals surface area contributed by atoms with E-state index in [0.29, 0.717) is 6.54 Å². The number of aryl methyl sites for hydroxylation is 1. The van der Waals surface area contributed by atoms with Gasteiger partial charge in [-0.2, -0.15) is 0 Å². The second kappa shape index (κ2) is 8.49. The first-order chi connectivity index (χ1) is 11.2. The Kier molecular flexibility index (Phi) is 6.36. The maximum Gasteiger partial charge on any atom is 0.258 e. The lowest BCUT2D eigenvalue weighted by Crippen LogP contribution is -2.38. The number of hydrogen-bond donors (Lipinski definition) is 0. The molecule has 2 aromatic rings. The zero-order valence-corrected chi connectivity index (χ0v) is 14.3. The third-order valence-corrected chi connectivity index (χ3v) is 4.15. The summed E-state index contributed by atoms with van der Waals surface area (Å²) in [6.07, 6.45) is 0. The number of hydrogen-bond acceptors (Lipinski definition) is 2. The van der Waals surface area contributed by atoms with E-state index in [-0.39, 0.29) is 5.91 Å². The fraction of sp³-hybridized carbons (Fsp3) is 0.350. The van der Waals surface area contributed by atoms with E-state index in [1.807, 2.05) is 47.4 Å². The molecule has 0 radical (unpaired) electrons. The van der Waals surface area contributed by atoms with Gasteiger partial charge in [0, 0.05) is 24.3 Å². The highest BCUT2D eigenvalue weighted by Gasteiger charge is 2.18. The summed E-state index contributed by atoms with van der Waals surface area (Å²) in [6.45, 7) is 9.92. The molecule has 1 amide bonds. The number of amides is 1. The molecule has 3 nitrogen and oxygen atoms in total. The molecule has 0 bridgehead atoms. The molecule has 2 aromatic carbocycles. The van der Waals surface area contributed by atoms with E-state index in [1.165, 1.54) is 5.56 Å². The highest BCUT2D eigenvalue weighted by atomic mass is 16.2. The number of carbonyl (C=O) groups excluding carboxylic acids is 1. The van der Waals surface area contributed by atoms with E-state index in [0.717, 1.165) is 30.9 Å². The van der Waals surface area contributed by atoms with Crippen LogP contribution in [-0.4, -0.2) is 37.0 Å². The first kappa shape index (κ1) is 17.2. The van der Waals surface area contributed by atoms with Crippen molar-refractivity contribution in [1.29, 1.82) is 0 Å². The van der Waals surface area contributed by atoms with Crippen LogP contribution in [0, 0.1) is 6.92 Å². The van der Waals surface area contributed by atoms with E-state index in [1.54, 1.807) is 0 Å². The highest BCUT2D eigenvalue weighted by molar-refractivity contribution is 6.06. The maximum absolute atomic E-state index is 12.9. The van der Waals surface area contributed by atoms with Crippen LogP contribution in [0.2, 0.25) is 0 Å². The fourth-order valence-electron chi connectivity index (χ4n) is 2.59. The number of rotatable bonds is 7. The number of likely N-dealkylation sites (N-methyl/N-ethyl adjacent to an activating group) is 1.